The van der Waals surface area contributed by atoms with Crippen molar-refractivity contribution >= 4 is 32.7 Å². The van der Waals surface area contributed by atoms with E-state index < -0.39 is 21.5 Å². The molecule has 9 nitrogen and oxygen atoms in total. The van der Waals surface area contributed by atoms with Crippen LogP contribution in [0.4, 0.5) is 5.69 Å². The zero-order chi connectivity index (χ0) is 19.6. The number of nitrogens with zero attached hydrogens (tertiary/aromatic N) is 2. The molecule has 0 aliphatic heterocycles. The number of fused-ring (bicyclic) bond motifs is 1. The summed E-state index contributed by atoms with van der Waals surface area (Å²) < 4.78 is 29.6. The lowest BCUT2D eigenvalue weighted by molar-refractivity contribution is -0.116. The summed E-state index contributed by atoms with van der Waals surface area (Å²) in [5.74, 6) is -0.453. The van der Waals surface area contributed by atoms with E-state index in [1.54, 1.807) is 24.3 Å². The Morgan fingerprint density at radius 1 is 1.26 bits per heavy atom. The van der Waals surface area contributed by atoms with Crippen LogP contribution in [0.5, 0.6) is 5.75 Å². The first-order chi connectivity index (χ1) is 12.8. The lowest BCUT2D eigenvalue weighted by Gasteiger charge is -2.12. The summed E-state index contributed by atoms with van der Waals surface area (Å²) in [4.78, 5) is 28.3. The van der Waals surface area contributed by atoms with Crippen molar-refractivity contribution in [3.8, 4) is 5.75 Å². The molecule has 0 saturated heterocycles. The lowest BCUT2D eigenvalue weighted by atomic mass is 10.3. The Morgan fingerprint density at radius 3 is 2.70 bits per heavy atom. The van der Waals surface area contributed by atoms with Crippen molar-refractivity contribution in [2.75, 3.05) is 12.4 Å². The largest absolute Gasteiger partial charge is 0.495 e. The molecular formula is C17H16N4O5S. The topological polar surface area (TPSA) is 133 Å². The first kappa shape index (κ1) is 18.5. The number of benzene rings is 2. The second-order valence-corrected chi connectivity index (χ2v) is 7.16. The van der Waals surface area contributed by atoms with Gasteiger partial charge in [0.2, 0.25) is 15.9 Å². The van der Waals surface area contributed by atoms with Crippen LogP contribution in [0, 0.1) is 0 Å². The van der Waals surface area contributed by atoms with Gasteiger partial charge in [0, 0.05) is 5.69 Å². The molecule has 10 heteroatoms. The van der Waals surface area contributed by atoms with E-state index in [9.17, 15) is 18.0 Å². The number of amides is 1. The molecule has 140 valence electrons. The molecule has 2 aromatic carbocycles. The summed E-state index contributed by atoms with van der Waals surface area (Å²) in [6.45, 7) is -0.265. The number of para-hydroxylation sites is 2. The van der Waals surface area contributed by atoms with Crippen molar-refractivity contribution in [1.29, 1.82) is 0 Å². The minimum absolute atomic E-state index is 0.0619. The van der Waals surface area contributed by atoms with Crippen molar-refractivity contribution in [3.63, 3.8) is 0 Å². The third-order valence-electron chi connectivity index (χ3n) is 3.81. The second kappa shape index (κ2) is 7.17. The third-order valence-corrected chi connectivity index (χ3v) is 4.74. The average Bonchev–Trinajstić information content (AvgIpc) is 2.63. The zero-order valence-electron chi connectivity index (χ0n) is 14.2. The summed E-state index contributed by atoms with van der Waals surface area (Å²) in [5, 5.41) is 7.72. The van der Waals surface area contributed by atoms with Crippen LogP contribution in [-0.4, -0.2) is 31.0 Å². The van der Waals surface area contributed by atoms with Crippen LogP contribution in [0.2, 0.25) is 0 Å². The molecule has 1 heterocycles. The van der Waals surface area contributed by atoms with Crippen molar-refractivity contribution in [3.05, 3.63) is 59.0 Å². The lowest BCUT2D eigenvalue weighted by Crippen LogP contribution is -2.28. The summed E-state index contributed by atoms with van der Waals surface area (Å²) in [5.41, 5.74) is 0.867. The summed E-state index contributed by atoms with van der Waals surface area (Å²) in [6.07, 6.45) is 1.14. The first-order valence-electron chi connectivity index (χ1n) is 7.75. The van der Waals surface area contributed by atoms with Crippen molar-refractivity contribution in [2.45, 2.75) is 11.4 Å². The minimum atomic E-state index is -4.04. The minimum Gasteiger partial charge on any atom is -0.495 e. The molecule has 0 radical (unpaired) electrons. The van der Waals surface area contributed by atoms with E-state index in [-0.39, 0.29) is 22.9 Å². The number of nitrogens with two attached hydrogens (primary N) is 1. The number of methoxy groups -OCH3 is 1. The van der Waals surface area contributed by atoms with Gasteiger partial charge >= 0.3 is 0 Å². The van der Waals surface area contributed by atoms with E-state index >= 15 is 0 Å². The van der Waals surface area contributed by atoms with Gasteiger partial charge in [-0.15, -0.1) is 0 Å². The molecule has 0 aliphatic rings. The molecule has 3 aromatic rings. The van der Waals surface area contributed by atoms with Crippen LogP contribution in [0.3, 0.4) is 0 Å². The Bertz CT molecular complexity index is 1190. The van der Waals surface area contributed by atoms with Crippen LogP contribution >= 0.6 is 0 Å². The van der Waals surface area contributed by atoms with Gasteiger partial charge in [-0.2, -0.15) is 0 Å². The molecule has 0 saturated carbocycles. The molecule has 0 bridgehead atoms. The van der Waals surface area contributed by atoms with Gasteiger partial charge in [0.15, 0.2) is 0 Å². The Kier molecular flexibility index (Phi) is 4.93. The summed E-state index contributed by atoms with van der Waals surface area (Å²) >= 11 is 0. The normalized spacial score (nSPS) is 11.3. The van der Waals surface area contributed by atoms with Gasteiger partial charge in [-0.05, 0) is 30.3 Å². The highest BCUT2D eigenvalue weighted by Crippen LogP contribution is 2.26. The maximum absolute atomic E-state index is 12.4. The van der Waals surface area contributed by atoms with E-state index in [1.165, 1.54) is 29.9 Å². The van der Waals surface area contributed by atoms with E-state index in [2.05, 4.69) is 10.3 Å². The highest BCUT2D eigenvalue weighted by atomic mass is 32.2. The first-order valence-corrected chi connectivity index (χ1v) is 9.29. The number of hydrogen-bond acceptors (Lipinski definition) is 6. The van der Waals surface area contributed by atoms with Gasteiger partial charge < -0.3 is 10.1 Å². The maximum Gasteiger partial charge on any atom is 0.269 e. The Labute approximate surface area is 154 Å². The van der Waals surface area contributed by atoms with Crippen LogP contribution < -0.4 is 20.8 Å². The highest BCUT2D eigenvalue weighted by Gasteiger charge is 2.17. The monoisotopic (exact) mass is 388 g/mol. The number of hydrogen-bond donors (Lipinski definition) is 2. The van der Waals surface area contributed by atoms with Crippen LogP contribution in [0.25, 0.3) is 11.0 Å². The molecule has 0 fully saturated rings. The second-order valence-electron chi connectivity index (χ2n) is 5.63. The average molecular weight is 388 g/mol. The van der Waals surface area contributed by atoms with Gasteiger partial charge in [0.25, 0.3) is 5.56 Å². The molecular weight excluding hydrogens is 372 g/mol. The quantitative estimate of drug-likeness (QED) is 0.661. The Hall–Kier alpha value is -3.24. The van der Waals surface area contributed by atoms with Gasteiger partial charge in [0.05, 0.1) is 24.3 Å². The van der Waals surface area contributed by atoms with Crippen LogP contribution in [0.15, 0.2) is 58.4 Å². The number of primary sulfonamides is 1. The zero-order valence-corrected chi connectivity index (χ0v) is 15.1. The van der Waals surface area contributed by atoms with Crippen molar-refractivity contribution < 1.29 is 17.9 Å². The van der Waals surface area contributed by atoms with Gasteiger partial charge in [-0.3, -0.25) is 14.2 Å². The maximum atomic E-state index is 12.4. The van der Waals surface area contributed by atoms with E-state index in [4.69, 9.17) is 9.88 Å². The molecule has 0 spiro atoms. The fourth-order valence-corrected chi connectivity index (χ4v) is 3.32. The number of anilines is 1. The number of aromatic nitrogens is 2. The fourth-order valence-electron chi connectivity index (χ4n) is 2.60. The number of nitrogens with one attached hydrogen (secondary N) is 1. The summed E-state index contributed by atoms with van der Waals surface area (Å²) in [7, 11) is -2.73. The molecule has 27 heavy (non-hydrogen) atoms. The number of carbonyl (C=O) groups excluding carboxylic acids is 1. The Morgan fingerprint density at radius 2 is 2.00 bits per heavy atom. The molecule has 3 N–H and O–H groups in total. The summed E-state index contributed by atoms with van der Waals surface area (Å²) in [6, 6.07) is 11.0. The molecule has 0 aliphatic carbocycles. The van der Waals surface area contributed by atoms with Gasteiger partial charge in [0.1, 0.15) is 17.2 Å². The predicted octanol–water partition coefficient (Wildman–Crippen LogP) is 0.691. The van der Waals surface area contributed by atoms with E-state index in [1.807, 2.05) is 0 Å². The van der Waals surface area contributed by atoms with Crippen LogP contribution in [-0.2, 0) is 21.4 Å². The fraction of sp³-hybridized carbons (Fsp3) is 0.118. The van der Waals surface area contributed by atoms with Crippen molar-refractivity contribution in [1.82, 2.24) is 9.55 Å². The SMILES string of the molecule is COc1ccc(NC(=O)Cn2c(=O)cnc3ccccc32)cc1S(N)(=O)=O. The standard InChI is InChI=1S/C17H16N4O5S/c1-26-14-7-6-11(8-15(14)27(18,24)25)20-16(22)10-21-13-5-3-2-4-12(13)19-9-17(21)23/h2-9H,10H2,1H3,(H,20,22)(H2,18,24,25). The molecule has 3 rings (SSSR count). The van der Waals surface area contributed by atoms with Crippen LogP contribution in [0.1, 0.15) is 0 Å². The predicted molar refractivity (Wildman–Crippen MR) is 99.0 cm³/mol. The number of ether oxygens (including phenoxy) is 1. The molecule has 1 amide bonds. The Balaban J connectivity index is 1.90. The number of carbonyl (C=O) groups is 1. The molecule has 0 atom stereocenters. The molecule has 1 aromatic heterocycles. The number of rotatable bonds is 5. The van der Waals surface area contributed by atoms with Crippen molar-refractivity contribution in [2.24, 2.45) is 5.14 Å². The smallest absolute Gasteiger partial charge is 0.269 e. The van der Waals surface area contributed by atoms with E-state index in [0.29, 0.717) is 11.0 Å². The van der Waals surface area contributed by atoms with Gasteiger partial charge in [-0.1, -0.05) is 12.1 Å². The van der Waals surface area contributed by atoms with E-state index in [0.717, 1.165) is 6.20 Å². The number of sulfonamides is 1. The molecule has 0 unspecified atom stereocenters. The third kappa shape index (κ3) is 3.96. The highest BCUT2D eigenvalue weighted by molar-refractivity contribution is 7.89. The van der Waals surface area contributed by atoms with Gasteiger partial charge in [-0.25, -0.2) is 18.5 Å².